The van der Waals surface area contributed by atoms with Gasteiger partial charge >= 0.3 is 6.09 Å². The molecule has 0 spiro atoms. The van der Waals surface area contributed by atoms with Gasteiger partial charge in [-0.25, -0.2) is 23.5 Å². The van der Waals surface area contributed by atoms with Gasteiger partial charge in [0.1, 0.15) is 28.7 Å². The van der Waals surface area contributed by atoms with E-state index in [1.807, 2.05) is 25.3 Å². The van der Waals surface area contributed by atoms with Gasteiger partial charge in [0, 0.05) is 24.7 Å². The Kier molecular flexibility index (Phi) is 5.92. The standard InChI is InChI=1S/C27H27F2N5O4/c1-15-3-6-34-20(12-17-14-33(7-8-38-17)26(35)37-2)24(32-22(34)9-15)23-18(28)10-16(11-19(23)29)25-30-13-21(31-25)27(36)4-5-27/h3,6,9-11,13,17,36H,4-5,7-8,12,14H2,1-2H3,(H,30,31)/t17-/m0/s1. The Morgan fingerprint density at radius 1 is 1.29 bits per heavy atom. The molecular formula is C27H27F2N5O4. The number of aromatic amines is 1. The zero-order valence-corrected chi connectivity index (χ0v) is 21.0. The van der Waals surface area contributed by atoms with Crippen LogP contribution in [0.15, 0.2) is 36.7 Å². The number of nitrogens with one attached hydrogen (secondary N) is 1. The van der Waals surface area contributed by atoms with E-state index in [1.54, 1.807) is 9.30 Å². The first-order valence-electron chi connectivity index (χ1n) is 12.5. The normalized spacial score (nSPS) is 18.7. The number of hydrogen-bond donors (Lipinski definition) is 2. The van der Waals surface area contributed by atoms with E-state index in [1.165, 1.54) is 25.4 Å². The Bertz CT molecular complexity index is 1520. The van der Waals surface area contributed by atoms with Crippen molar-refractivity contribution in [2.45, 2.75) is 37.9 Å². The van der Waals surface area contributed by atoms with Gasteiger partial charge in [0.25, 0.3) is 0 Å². The number of rotatable bonds is 5. The number of nitrogens with zero attached hydrogens (tertiary/aromatic N) is 4. The molecule has 3 aromatic heterocycles. The van der Waals surface area contributed by atoms with Crippen molar-refractivity contribution < 1.29 is 28.2 Å². The minimum Gasteiger partial charge on any atom is -0.453 e. The SMILES string of the molecule is COC(=O)N1CCO[C@@H](Cc2c(-c3c(F)cc(-c4ncc(C5(O)CC5)[nH]4)cc3F)nc3cc(C)ccn23)C1. The number of aliphatic hydroxyl groups is 1. The van der Waals surface area contributed by atoms with Crippen LogP contribution in [-0.4, -0.2) is 68.4 Å². The average molecular weight is 524 g/mol. The molecule has 0 radical (unpaired) electrons. The number of benzene rings is 1. The summed E-state index contributed by atoms with van der Waals surface area (Å²) < 4.78 is 43.8. The summed E-state index contributed by atoms with van der Waals surface area (Å²) in [5.41, 5.74) is 1.81. The lowest BCUT2D eigenvalue weighted by molar-refractivity contribution is -0.0241. The van der Waals surface area contributed by atoms with Crippen molar-refractivity contribution in [1.29, 1.82) is 0 Å². The lowest BCUT2D eigenvalue weighted by Gasteiger charge is -2.32. The van der Waals surface area contributed by atoms with Crippen LogP contribution in [0.1, 0.15) is 29.8 Å². The van der Waals surface area contributed by atoms with Crippen molar-refractivity contribution >= 4 is 11.7 Å². The molecular weight excluding hydrogens is 496 g/mol. The van der Waals surface area contributed by atoms with Gasteiger partial charge in [-0.1, -0.05) is 0 Å². The summed E-state index contributed by atoms with van der Waals surface area (Å²) in [6.45, 7) is 2.92. The van der Waals surface area contributed by atoms with Gasteiger partial charge in [-0.15, -0.1) is 0 Å². The van der Waals surface area contributed by atoms with E-state index in [9.17, 15) is 9.90 Å². The molecule has 0 bridgehead atoms. The number of imidazole rings is 2. The number of amides is 1. The number of pyridine rings is 1. The summed E-state index contributed by atoms with van der Waals surface area (Å²) in [5.74, 6) is -1.30. The second-order valence-electron chi connectivity index (χ2n) is 9.94. The Balaban J connectivity index is 1.39. The maximum Gasteiger partial charge on any atom is 0.409 e. The number of halogens is 2. The Hall–Kier alpha value is -3.83. The molecule has 9 nitrogen and oxygen atoms in total. The third-order valence-corrected chi connectivity index (χ3v) is 7.23. The van der Waals surface area contributed by atoms with Gasteiger partial charge in [0.2, 0.25) is 0 Å². The molecule has 1 aliphatic heterocycles. The predicted octanol–water partition coefficient (Wildman–Crippen LogP) is 3.97. The van der Waals surface area contributed by atoms with Crippen LogP contribution in [0.25, 0.3) is 28.3 Å². The van der Waals surface area contributed by atoms with Crippen molar-refractivity contribution in [3.8, 4) is 22.6 Å². The first-order chi connectivity index (χ1) is 18.3. The molecule has 4 aromatic rings. The van der Waals surface area contributed by atoms with Crippen LogP contribution in [0.5, 0.6) is 0 Å². The number of carbonyl (C=O) groups is 1. The maximum atomic E-state index is 15.6. The Morgan fingerprint density at radius 3 is 2.76 bits per heavy atom. The minimum atomic E-state index is -0.934. The summed E-state index contributed by atoms with van der Waals surface area (Å²) in [6, 6.07) is 6.16. The Labute approximate surface area is 217 Å². The van der Waals surface area contributed by atoms with Crippen LogP contribution in [0.2, 0.25) is 0 Å². The molecule has 38 heavy (non-hydrogen) atoms. The van der Waals surface area contributed by atoms with Gasteiger partial charge in [-0.2, -0.15) is 0 Å². The van der Waals surface area contributed by atoms with Crippen LogP contribution in [0.4, 0.5) is 13.6 Å². The molecule has 0 unspecified atom stereocenters. The van der Waals surface area contributed by atoms with Crippen LogP contribution >= 0.6 is 0 Å². The van der Waals surface area contributed by atoms with Gasteiger partial charge in [0.15, 0.2) is 0 Å². The summed E-state index contributed by atoms with van der Waals surface area (Å²) >= 11 is 0. The van der Waals surface area contributed by atoms with Crippen molar-refractivity contribution in [3.05, 3.63) is 65.2 Å². The van der Waals surface area contributed by atoms with Crippen molar-refractivity contribution in [2.24, 2.45) is 0 Å². The first-order valence-corrected chi connectivity index (χ1v) is 12.5. The van der Waals surface area contributed by atoms with Crippen LogP contribution < -0.4 is 0 Å². The fraction of sp³-hybridized carbons (Fsp3) is 0.370. The quantitative estimate of drug-likeness (QED) is 0.410. The number of carbonyl (C=O) groups excluding carboxylic acids is 1. The second kappa shape index (κ2) is 9.17. The number of hydrogen-bond acceptors (Lipinski definition) is 6. The number of aromatic nitrogens is 4. The highest BCUT2D eigenvalue weighted by molar-refractivity contribution is 5.72. The molecule has 1 aliphatic carbocycles. The first kappa shape index (κ1) is 24.5. The number of H-pyrrole nitrogens is 1. The highest BCUT2D eigenvalue weighted by Crippen LogP contribution is 2.45. The number of methoxy groups -OCH3 is 1. The van der Waals surface area contributed by atoms with E-state index in [0.29, 0.717) is 43.0 Å². The van der Waals surface area contributed by atoms with E-state index in [4.69, 9.17) is 9.47 Å². The Morgan fingerprint density at radius 2 is 2.05 bits per heavy atom. The fourth-order valence-electron chi connectivity index (χ4n) is 4.97. The molecule has 1 saturated carbocycles. The second-order valence-corrected chi connectivity index (χ2v) is 9.94. The molecule has 4 heterocycles. The van der Waals surface area contributed by atoms with Crippen molar-refractivity contribution in [1.82, 2.24) is 24.3 Å². The number of aryl methyl sites for hydroxylation is 1. The number of ether oxygens (including phenoxy) is 2. The summed E-state index contributed by atoms with van der Waals surface area (Å²) in [5, 5.41) is 10.3. The van der Waals surface area contributed by atoms with Crippen molar-refractivity contribution in [2.75, 3.05) is 26.8 Å². The van der Waals surface area contributed by atoms with Crippen LogP contribution in [-0.2, 0) is 21.5 Å². The lowest BCUT2D eigenvalue weighted by atomic mass is 10.0. The summed E-state index contributed by atoms with van der Waals surface area (Å²) in [6.07, 6.45) is 3.96. The van der Waals surface area contributed by atoms with Crippen LogP contribution in [0, 0.1) is 18.6 Å². The smallest absolute Gasteiger partial charge is 0.409 e. The average Bonchev–Trinajstić information content (AvgIpc) is 3.31. The zero-order chi connectivity index (χ0) is 26.6. The molecule has 1 aromatic carbocycles. The molecule has 2 aliphatic rings. The number of fused-ring (bicyclic) bond motifs is 1. The van der Waals surface area contributed by atoms with E-state index in [2.05, 4.69) is 15.0 Å². The van der Waals surface area contributed by atoms with E-state index >= 15 is 8.78 Å². The van der Waals surface area contributed by atoms with Crippen LogP contribution in [0.3, 0.4) is 0 Å². The van der Waals surface area contributed by atoms with Gasteiger partial charge in [-0.05, 0) is 49.6 Å². The van der Waals surface area contributed by atoms with E-state index in [-0.39, 0.29) is 35.6 Å². The van der Waals surface area contributed by atoms with E-state index < -0.39 is 29.4 Å². The zero-order valence-electron chi connectivity index (χ0n) is 21.0. The topological polar surface area (TPSA) is 105 Å². The third kappa shape index (κ3) is 4.31. The summed E-state index contributed by atoms with van der Waals surface area (Å²) in [4.78, 5) is 25.4. The monoisotopic (exact) mass is 523 g/mol. The number of morpholine rings is 1. The molecule has 1 amide bonds. The highest BCUT2D eigenvalue weighted by atomic mass is 19.1. The van der Waals surface area contributed by atoms with Gasteiger partial charge < -0.3 is 28.9 Å². The molecule has 1 atom stereocenters. The molecule has 2 fully saturated rings. The summed E-state index contributed by atoms with van der Waals surface area (Å²) in [7, 11) is 1.32. The van der Waals surface area contributed by atoms with Gasteiger partial charge in [-0.3, -0.25) is 0 Å². The molecule has 198 valence electrons. The molecule has 2 N–H and O–H groups in total. The van der Waals surface area contributed by atoms with E-state index in [0.717, 1.165) is 5.56 Å². The minimum absolute atomic E-state index is 0.170. The van der Waals surface area contributed by atoms with Crippen molar-refractivity contribution in [3.63, 3.8) is 0 Å². The van der Waals surface area contributed by atoms with Gasteiger partial charge in [0.05, 0.1) is 55.2 Å². The lowest BCUT2D eigenvalue weighted by Crippen LogP contribution is -2.46. The fourth-order valence-corrected chi connectivity index (χ4v) is 4.97. The largest absolute Gasteiger partial charge is 0.453 e. The maximum absolute atomic E-state index is 15.6. The predicted molar refractivity (Wildman–Crippen MR) is 133 cm³/mol. The molecule has 11 heteroatoms. The third-order valence-electron chi connectivity index (χ3n) is 7.23. The molecule has 6 rings (SSSR count). The highest BCUT2D eigenvalue weighted by Gasteiger charge is 2.44. The molecule has 1 saturated heterocycles.